The van der Waals surface area contributed by atoms with Crippen molar-refractivity contribution in [3.05, 3.63) is 64.8 Å². The van der Waals surface area contributed by atoms with Crippen LogP contribution in [-0.4, -0.2) is 48.5 Å². The van der Waals surface area contributed by atoms with Gasteiger partial charge in [-0.3, -0.25) is 0 Å². The number of pyridine rings is 1. The zero-order chi connectivity index (χ0) is 19.8. The van der Waals surface area contributed by atoms with E-state index in [2.05, 4.69) is 34.9 Å². The van der Waals surface area contributed by atoms with Gasteiger partial charge in [-0.15, -0.1) is 0 Å². The number of nitrogens with zero attached hydrogens (tertiary/aromatic N) is 4. The Kier molecular flexibility index (Phi) is 4.65. The first-order valence-electron chi connectivity index (χ1n) is 9.30. The minimum absolute atomic E-state index is 0.374. The molecule has 3 aromatic heterocycles. The van der Waals surface area contributed by atoms with Gasteiger partial charge in [0, 0.05) is 49.7 Å². The smallest absolute Gasteiger partial charge is 0.345 e. The summed E-state index contributed by atoms with van der Waals surface area (Å²) >= 11 is 0. The molecule has 6 heteroatoms. The van der Waals surface area contributed by atoms with Crippen LogP contribution < -0.4 is 10.5 Å². The van der Waals surface area contributed by atoms with E-state index in [1.807, 2.05) is 61.1 Å². The highest BCUT2D eigenvalue weighted by Crippen LogP contribution is 2.25. The minimum Gasteiger partial charge on any atom is -0.422 e. The number of hydrogen-bond acceptors (Lipinski definition) is 5. The van der Waals surface area contributed by atoms with E-state index in [0.29, 0.717) is 16.8 Å². The summed E-state index contributed by atoms with van der Waals surface area (Å²) in [6.07, 6.45) is 3.86. The van der Waals surface area contributed by atoms with Gasteiger partial charge in [-0.05, 0) is 50.8 Å². The van der Waals surface area contributed by atoms with Crippen LogP contribution in [0.4, 0.5) is 5.69 Å². The maximum absolute atomic E-state index is 12.6. The molecule has 28 heavy (non-hydrogen) atoms. The molecule has 144 valence electrons. The van der Waals surface area contributed by atoms with Crippen LogP contribution in [0.2, 0.25) is 0 Å². The van der Waals surface area contributed by atoms with Crippen molar-refractivity contribution in [3.8, 4) is 11.3 Å². The largest absolute Gasteiger partial charge is 0.422 e. The zero-order valence-electron chi connectivity index (χ0n) is 16.6. The number of anilines is 1. The molecule has 0 aliphatic heterocycles. The molecule has 0 radical (unpaired) electrons. The number of hydrogen-bond donors (Lipinski definition) is 0. The lowest BCUT2D eigenvalue weighted by Gasteiger charge is -2.21. The maximum Gasteiger partial charge on any atom is 0.345 e. The Hall–Kier alpha value is -3.12. The van der Waals surface area contributed by atoms with Gasteiger partial charge in [-0.1, -0.05) is 6.07 Å². The summed E-state index contributed by atoms with van der Waals surface area (Å²) in [6, 6.07) is 11.8. The quantitative estimate of drug-likeness (QED) is 0.500. The van der Waals surface area contributed by atoms with Gasteiger partial charge >= 0.3 is 5.63 Å². The lowest BCUT2D eigenvalue weighted by Crippen LogP contribution is -2.28. The SMILES string of the molecule is Cc1ccc2nc(-c3cc4ccc(N(C)CCN(C)C)cc4oc3=O)cn2c1. The fraction of sp³-hybridized carbons (Fsp3) is 0.273. The Labute approximate surface area is 163 Å². The molecule has 0 amide bonds. The van der Waals surface area contributed by atoms with Crippen LogP contribution in [0.5, 0.6) is 0 Å². The molecule has 4 rings (SSSR count). The molecular weight excluding hydrogens is 352 g/mol. The van der Waals surface area contributed by atoms with Gasteiger partial charge in [0.05, 0.1) is 11.3 Å². The molecule has 0 spiro atoms. The third-order valence-electron chi connectivity index (χ3n) is 4.92. The van der Waals surface area contributed by atoms with E-state index in [9.17, 15) is 4.79 Å². The molecule has 1 aromatic carbocycles. The lowest BCUT2D eigenvalue weighted by molar-refractivity contribution is 0.416. The number of aromatic nitrogens is 2. The molecule has 6 nitrogen and oxygen atoms in total. The number of aryl methyl sites for hydroxylation is 1. The topological polar surface area (TPSA) is 54.0 Å². The van der Waals surface area contributed by atoms with Crippen LogP contribution in [0.15, 0.2) is 58.0 Å². The van der Waals surface area contributed by atoms with Crippen molar-refractivity contribution in [3.63, 3.8) is 0 Å². The lowest BCUT2D eigenvalue weighted by atomic mass is 10.1. The highest BCUT2D eigenvalue weighted by Gasteiger charge is 2.13. The van der Waals surface area contributed by atoms with Gasteiger partial charge in [0.25, 0.3) is 0 Å². The predicted molar refractivity (Wildman–Crippen MR) is 113 cm³/mol. The summed E-state index contributed by atoms with van der Waals surface area (Å²) in [6.45, 7) is 3.86. The highest BCUT2D eigenvalue weighted by atomic mass is 16.4. The fourth-order valence-electron chi connectivity index (χ4n) is 3.23. The molecule has 0 saturated carbocycles. The molecular formula is C22H24N4O2. The van der Waals surface area contributed by atoms with Gasteiger partial charge in [-0.2, -0.15) is 0 Å². The van der Waals surface area contributed by atoms with Crippen LogP contribution >= 0.6 is 0 Å². The summed E-state index contributed by atoms with van der Waals surface area (Å²) in [5.41, 5.74) is 4.26. The van der Waals surface area contributed by atoms with Gasteiger partial charge < -0.3 is 18.6 Å². The monoisotopic (exact) mass is 376 g/mol. The van der Waals surface area contributed by atoms with Crippen LogP contribution in [0, 0.1) is 6.92 Å². The molecule has 0 bridgehead atoms. The summed E-state index contributed by atoms with van der Waals surface area (Å²) < 4.78 is 7.57. The van der Waals surface area contributed by atoms with Crippen molar-refractivity contribution in [1.82, 2.24) is 14.3 Å². The van der Waals surface area contributed by atoms with Crippen LogP contribution in [0.1, 0.15) is 5.56 Å². The molecule has 0 saturated heterocycles. The first-order chi connectivity index (χ1) is 13.4. The van der Waals surface area contributed by atoms with Crippen LogP contribution in [-0.2, 0) is 0 Å². The summed E-state index contributed by atoms with van der Waals surface area (Å²) in [4.78, 5) is 21.5. The molecule has 0 atom stereocenters. The third kappa shape index (κ3) is 3.51. The summed E-state index contributed by atoms with van der Waals surface area (Å²) in [7, 11) is 6.14. The second kappa shape index (κ2) is 7.13. The van der Waals surface area contributed by atoms with E-state index < -0.39 is 0 Å². The Morgan fingerprint density at radius 3 is 2.64 bits per heavy atom. The minimum atomic E-state index is -0.374. The van der Waals surface area contributed by atoms with E-state index in [-0.39, 0.29) is 5.63 Å². The van der Waals surface area contributed by atoms with Gasteiger partial charge in [-0.25, -0.2) is 9.78 Å². The first-order valence-corrected chi connectivity index (χ1v) is 9.30. The van der Waals surface area contributed by atoms with E-state index in [0.717, 1.165) is 35.4 Å². The highest BCUT2D eigenvalue weighted by molar-refractivity contribution is 5.84. The summed E-state index contributed by atoms with van der Waals surface area (Å²) in [5, 5.41) is 0.882. The average Bonchev–Trinajstić information content (AvgIpc) is 3.07. The van der Waals surface area contributed by atoms with Crippen molar-refractivity contribution < 1.29 is 4.42 Å². The number of benzene rings is 1. The predicted octanol–water partition coefficient (Wildman–Crippen LogP) is 3.41. The van der Waals surface area contributed by atoms with Gasteiger partial charge in [0.1, 0.15) is 11.2 Å². The molecule has 0 fully saturated rings. The third-order valence-corrected chi connectivity index (χ3v) is 4.92. The second-order valence-corrected chi connectivity index (χ2v) is 7.49. The van der Waals surface area contributed by atoms with Crippen molar-refractivity contribution >= 4 is 22.3 Å². The zero-order valence-corrected chi connectivity index (χ0v) is 16.6. The number of likely N-dealkylation sites (N-methyl/N-ethyl adjacent to an activating group) is 2. The molecule has 0 N–H and O–H groups in total. The number of fused-ring (bicyclic) bond motifs is 2. The van der Waals surface area contributed by atoms with E-state index in [4.69, 9.17) is 4.42 Å². The average molecular weight is 376 g/mol. The number of rotatable bonds is 5. The normalized spacial score (nSPS) is 11.6. The first kappa shape index (κ1) is 18.3. The van der Waals surface area contributed by atoms with Crippen molar-refractivity contribution in [2.24, 2.45) is 0 Å². The van der Waals surface area contributed by atoms with Crippen LogP contribution in [0.3, 0.4) is 0 Å². The van der Waals surface area contributed by atoms with Crippen molar-refractivity contribution in [2.75, 3.05) is 39.1 Å². The number of imidazole rings is 1. The van der Waals surface area contributed by atoms with Crippen molar-refractivity contribution in [1.29, 1.82) is 0 Å². The molecule has 3 heterocycles. The molecule has 0 aliphatic carbocycles. The van der Waals surface area contributed by atoms with E-state index in [1.54, 1.807) is 0 Å². The summed E-state index contributed by atoms with van der Waals surface area (Å²) in [5.74, 6) is 0. The Morgan fingerprint density at radius 1 is 1.04 bits per heavy atom. The molecule has 0 unspecified atom stereocenters. The fourth-order valence-corrected chi connectivity index (χ4v) is 3.23. The standard InChI is InChI=1S/C22H24N4O2/c1-15-5-8-21-23-19(14-26(21)13-15)18-11-16-6-7-17(12-20(16)28-22(18)27)25(4)10-9-24(2)3/h5-8,11-14H,9-10H2,1-4H3. The van der Waals surface area contributed by atoms with Gasteiger partial charge in [0.15, 0.2) is 0 Å². The van der Waals surface area contributed by atoms with E-state index >= 15 is 0 Å². The van der Waals surface area contributed by atoms with Gasteiger partial charge in [0.2, 0.25) is 0 Å². The Balaban J connectivity index is 1.72. The maximum atomic E-state index is 12.6. The Bertz CT molecular complexity index is 1210. The molecule has 4 aromatic rings. The molecule has 0 aliphatic rings. The Morgan fingerprint density at radius 2 is 1.86 bits per heavy atom. The van der Waals surface area contributed by atoms with E-state index in [1.165, 1.54) is 0 Å². The van der Waals surface area contributed by atoms with Crippen molar-refractivity contribution in [2.45, 2.75) is 6.92 Å². The second-order valence-electron chi connectivity index (χ2n) is 7.49. The van der Waals surface area contributed by atoms with Crippen LogP contribution in [0.25, 0.3) is 27.9 Å².